The molecule has 3 rings (SSSR count). The number of piperazine rings is 1. The van der Waals surface area contributed by atoms with Crippen molar-refractivity contribution in [3.8, 4) is 0 Å². The van der Waals surface area contributed by atoms with Gasteiger partial charge < -0.3 is 19.9 Å². The minimum absolute atomic E-state index is 0.0713. The maximum absolute atomic E-state index is 12.3. The van der Waals surface area contributed by atoms with Crippen LogP contribution in [0.25, 0.3) is 0 Å². The molecule has 2 amide bonds. The summed E-state index contributed by atoms with van der Waals surface area (Å²) in [6, 6.07) is 13.0. The lowest BCUT2D eigenvalue weighted by molar-refractivity contribution is 0.0526. The molecule has 1 aliphatic rings. The molecule has 0 unspecified atom stereocenters. The first kappa shape index (κ1) is 18.7. The average Bonchev–Trinajstić information content (AvgIpc) is 2.73. The van der Waals surface area contributed by atoms with E-state index in [-0.39, 0.29) is 12.0 Å². The van der Waals surface area contributed by atoms with E-state index in [4.69, 9.17) is 4.74 Å². The third-order valence-electron chi connectivity index (χ3n) is 4.46. The number of benzene rings is 1. The molecule has 27 heavy (non-hydrogen) atoms. The number of aromatic nitrogens is 1. The molecule has 0 spiro atoms. The van der Waals surface area contributed by atoms with Gasteiger partial charge in [0, 0.05) is 38.1 Å². The Balaban J connectivity index is 1.48. The fourth-order valence-electron chi connectivity index (χ4n) is 2.97. The first-order chi connectivity index (χ1) is 13.2. The molecule has 1 saturated heterocycles. The minimum Gasteiger partial charge on any atom is -0.462 e. The number of carbonyl (C=O) groups is 2. The molecule has 1 N–H and O–H groups in total. The van der Waals surface area contributed by atoms with Gasteiger partial charge in [-0.1, -0.05) is 6.07 Å². The molecule has 7 heteroatoms. The molecule has 2 aromatic rings. The average molecular weight is 368 g/mol. The molecular formula is C20H24N4O3. The number of urea groups is 1. The Morgan fingerprint density at radius 1 is 1.07 bits per heavy atom. The van der Waals surface area contributed by atoms with Gasteiger partial charge in [0.2, 0.25) is 0 Å². The van der Waals surface area contributed by atoms with E-state index < -0.39 is 0 Å². The van der Waals surface area contributed by atoms with Crippen molar-refractivity contribution >= 4 is 17.7 Å². The minimum atomic E-state index is -0.307. The summed E-state index contributed by atoms with van der Waals surface area (Å²) in [7, 11) is 0. The second-order valence-corrected chi connectivity index (χ2v) is 6.22. The SMILES string of the molecule is CCOC(=O)c1ccc(N2CCN(C(=O)NCc3ccccn3)CC2)cc1. The zero-order valence-electron chi connectivity index (χ0n) is 15.4. The van der Waals surface area contributed by atoms with Crippen LogP contribution in [-0.2, 0) is 11.3 Å². The van der Waals surface area contributed by atoms with E-state index >= 15 is 0 Å². The van der Waals surface area contributed by atoms with Crippen molar-refractivity contribution in [2.75, 3.05) is 37.7 Å². The molecule has 7 nitrogen and oxygen atoms in total. The number of nitrogens with one attached hydrogen (secondary N) is 1. The topological polar surface area (TPSA) is 74.8 Å². The number of anilines is 1. The van der Waals surface area contributed by atoms with Gasteiger partial charge in [-0.2, -0.15) is 0 Å². The third kappa shape index (κ3) is 4.97. The molecule has 1 aromatic heterocycles. The summed E-state index contributed by atoms with van der Waals surface area (Å²) in [6.45, 7) is 5.37. The lowest BCUT2D eigenvalue weighted by Crippen LogP contribution is -2.51. The van der Waals surface area contributed by atoms with Crippen LogP contribution >= 0.6 is 0 Å². The van der Waals surface area contributed by atoms with E-state index in [1.807, 2.05) is 35.2 Å². The van der Waals surface area contributed by atoms with Gasteiger partial charge in [-0.15, -0.1) is 0 Å². The van der Waals surface area contributed by atoms with Crippen LogP contribution in [0.5, 0.6) is 0 Å². The third-order valence-corrected chi connectivity index (χ3v) is 4.46. The number of hydrogen-bond acceptors (Lipinski definition) is 5. The zero-order chi connectivity index (χ0) is 19.1. The number of amides is 2. The van der Waals surface area contributed by atoms with Gasteiger partial charge >= 0.3 is 12.0 Å². The van der Waals surface area contributed by atoms with Crippen molar-refractivity contribution in [2.45, 2.75) is 13.5 Å². The Labute approximate surface area is 158 Å². The van der Waals surface area contributed by atoms with E-state index in [1.54, 1.807) is 25.3 Å². The van der Waals surface area contributed by atoms with Gasteiger partial charge in [-0.3, -0.25) is 4.98 Å². The molecule has 1 fully saturated rings. The largest absolute Gasteiger partial charge is 0.462 e. The molecule has 0 aliphatic carbocycles. The highest BCUT2D eigenvalue weighted by atomic mass is 16.5. The first-order valence-corrected chi connectivity index (χ1v) is 9.12. The molecule has 2 heterocycles. The second kappa shape index (κ2) is 9.02. The zero-order valence-corrected chi connectivity index (χ0v) is 15.4. The van der Waals surface area contributed by atoms with Gasteiger partial charge in [0.05, 0.1) is 24.4 Å². The van der Waals surface area contributed by atoms with Crippen LogP contribution in [0.3, 0.4) is 0 Å². The summed E-state index contributed by atoms with van der Waals surface area (Å²) >= 11 is 0. The number of ether oxygens (including phenoxy) is 1. The van der Waals surface area contributed by atoms with E-state index in [0.717, 1.165) is 24.5 Å². The highest BCUT2D eigenvalue weighted by Gasteiger charge is 2.21. The Bertz CT molecular complexity index is 757. The quantitative estimate of drug-likeness (QED) is 0.820. The van der Waals surface area contributed by atoms with Crippen LogP contribution in [0.1, 0.15) is 23.0 Å². The van der Waals surface area contributed by atoms with Crippen molar-refractivity contribution in [3.63, 3.8) is 0 Å². The van der Waals surface area contributed by atoms with Crippen molar-refractivity contribution in [2.24, 2.45) is 0 Å². The maximum Gasteiger partial charge on any atom is 0.338 e. The Hall–Kier alpha value is -3.09. The molecule has 0 radical (unpaired) electrons. The van der Waals surface area contributed by atoms with Crippen molar-refractivity contribution < 1.29 is 14.3 Å². The van der Waals surface area contributed by atoms with Crippen molar-refractivity contribution in [1.82, 2.24) is 15.2 Å². The summed E-state index contributed by atoms with van der Waals surface area (Å²) in [5.74, 6) is -0.307. The van der Waals surface area contributed by atoms with Crippen LogP contribution in [0.2, 0.25) is 0 Å². The summed E-state index contributed by atoms with van der Waals surface area (Å²) in [6.07, 6.45) is 1.72. The number of hydrogen-bond donors (Lipinski definition) is 1. The number of esters is 1. The van der Waals surface area contributed by atoms with Crippen LogP contribution in [0.15, 0.2) is 48.7 Å². The summed E-state index contributed by atoms with van der Waals surface area (Å²) in [5.41, 5.74) is 2.43. The van der Waals surface area contributed by atoms with Gasteiger partial charge in [0.15, 0.2) is 0 Å². The fraction of sp³-hybridized carbons (Fsp3) is 0.350. The van der Waals surface area contributed by atoms with E-state index in [2.05, 4.69) is 15.2 Å². The summed E-state index contributed by atoms with van der Waals surface area (Å²) in [4.78, 5) is 32.3. The van der Waals surface area contributed by atoms with Gasteiger partial charge in [0.25, 0.3) is 0 Å². The second-order valence-electron chi connectivity index (χ2n) is 6.22. The van der Waals surface area contributed by atoms with Gasteiger partial charge in [-0.05, 0) is 43.3 Å². The van der Waals surface area contributed by atoms with E-state index in [0.29, 0.717) is 31.8 Å². The highest BCUT2D eigenvalue weighted by Crippen LogP contribution is 2.18. The maximum atomic E-state index is 12.3. The monoisotopic (exact) mass is 368 g/mol. The lowest BCUT2D eigenvalue weighted by atomic mass is 10.2. The molecule has 1 aliphatic heterocycles. The van der Waals surface area contributed by atoms with Crippen molar-refractivity contribution in [1.29, 1.82) is 0 Å². The van der Waals surface area contributed by atoms with Crippen LogP contribution in [0, 0.1) is 0 Å². The smallest absolute Gasteiger partial charge is 0.338 e. The number of pyridine rings is 1. The Morgan fingerprint density at radius 2 is 1.81 bits per heavy atom. The summed E-state index contributed by atoms with van der Waals surface area (Å²) < 4.78 is 5.00. The Morgan fingerprint density at radius 3 is 2.44 bits per heavy atom. The molecular weight excluding hydrogens is 344 g/mol. The molecule has 0 saturated carbocycles. The van der Waals surface area contributed by atoms with Crippen LogP contribution < -0.4 is 10.2 Å². The highest BCUT2D eigenvalue weighted by molar-refractivity contribution is 5.89. The van der Waals surface area contributed by atoms with Crippen molar-refractivity contribution in [3.05, 3.63) is 59.9 Å². The summed E-state index contributed by atoms with van der Waals surface area (Å²) in [5, 5.41) is 2.91. The standard InChI is InChI=1S/C20H24N4O3/c1-2-27-19(25)16-6-8-18(9-7-16)23-11-13-24(14-12-23)20(26)22-15-17-5-3-4-10-21-17/h3-10H,2,11-15H2,1H3,(H,22,26). The number of nitrogens with zero attached hydrogens (tertiary/aromatic N) is 3. The molecule has 142 valence electrons. The molecule has 1 aromatic carbocycles. The van der Waals surface area contributed by atoms with Crippen LogP contribution in [0.4, 0.5) is 10.5 Å². The van der Waals surface area contributed by atoms with Gasteiger partial charge in [-0.25, -0.2) is 9.59 Å². The lowest BCUT2D eigenvalue weighted by Gasteiger charge is -2.36. The predicted octanol–water partition coefficient (Wildman–Crippen LogP) is 2.29. The molecule has 0 atom stereocenters. The Kier molecular flexibility index (Phi) is 6.25. The number of carbonyl (C=O) groups excluding carboxylic acids is 2. The first-order valence-electron chi connectivity index (χ1n) is 9.12. The van der Waals surface area contributed by atoms with Crippen LogP contribution in [-0.4, -0.2) is 54.7 Å². The van der Waals surface area contributed by atoms with Gasteiger partial charge in [0.1, 0.15) is 0 Å². The van der Waals surface area contributed by atoms with E-state index in [1.165, 1.54) is 0 Å². The van der Waals surface area contributed by atoms with E-state index in [9.17, 15) is 9.59 Å². The molecule has 0 bridgehead atoms. The number of rotatable bonds is 5. The fourth-order valence-corrected chi connectivity index (χ4v) is 2.97. The predicted molar refractivity (Wildman–Crippen MR) is 103 cm³/mol. The normalized spacial score (nSPS) is 14.0.